The highest BCUT2D eigenvalue weighted by Gasteiger charge is 2.32. The van der Waals surface area contributed by atoms with Crippen LogP contribution in [-0.4, -0.2) is 52.6 Å². The molecule has 1 aliphatic rings. The Labute approximate surface area is 123 Å². The van der Waals surface area contributed by atoms with Crippen LogP contribution in [0.2, 0.25) is 0 Å². The quantitative estimate of drug-likeness (QED) is 0.919. The largest absolute Gasteiger partial charge is 0.480 e. The second-order valence-electron chi connectivity index (χ2n) is 4.33. The number of alkyl halides is 2. The summed E-state index contributed by atoms with van der Waals surface area (Å²) < 4.78 is 28.6. The molecule has 1 unspecified atom stereocenters. The number of hydrogen-bond acceptors (Lipinski definition) is 4. The molecule has 1 N–H and O–H groups in total. The van der Waals surface area contributed by atoms with E-state index in [2.05, 4.69) is 4.74 Å². The van der Waals surface area contributed by atoms with Crippen molar-refractivity contribution in [2.24, 2.45) is 0 Å². The number of rotatable bonds is 4. The van der Waals surface area contributed by atoms with E-state index in [-0.39, 0.29) is 11.3 Å². The molecule has 1 fully saturated rings. The van der Waals surface area contributed by atoms with Gasteiger partial charge in [0, 0.05) is 23.6 Å². The molecule has 0 radical (unpaired) electrons. The highest BCUT2D eigenvalue weighted by Crippen LogP contribution is 2.22. The van der Waals surface area contributed by atoms with Gasteiger partial charge >= 0.3 is 12.6 Å². The molecule has 1 saturated heterocycles. The van der Waals surface area contributed by atoms with Gasteiger partial charge in [-0.3, -0.25) is 4.79 Å². The minimum atomic E-state index is -2.98. The van der Waals surface area contributed by atoms with Crippen molar-refractivity contribution in [3.63, 3.8) is 0 Å². The van der Waals surface area contributed by atoms with E-state index in [1.54, 1.807) is 0 Å². The van der Waals surface area contributed by atoms with Crippen LogP contribution >= 0.6 is 11.8 Å². The smallest absolute Gasteiger partial charge is 0.387 e. The Hall–Kier alpha value is -1.83. The molecule has 0 spiro atoms. The molecule has 1 aromatic rings. The number of hydrogen-bond donors (Lipinski definition) is 1. The van der Waals surface area contributed by atoms with E-state index in [9.17, 15) is 18.4 Å². The van der Waals surface area contributed by atoms with Gasteiger partial charge in [-0.25, -0.2) is 4.79 Å². The summed E-state index contributed by atoms with van der Waals surface area (Å²) in [5, 5.41) is 9.15. The molecule has 21 heavy (non-hydrogen) atoms. The van der Waals surface area contributed by atoms with Crippen LogP contribution < -0.4 is 4.74 Å². The fourth-order valence-electron chi connectivity index (χ4n) is 2.02. The molecular formula is C13H13F2NO4S. The van der Waals surface area contributed by atoms with Crippen molar-refractivity contribution >= 4 is 23.6 Å². The summed E-state index contributed by atoms with van der Waals surface area (Å²) >= 11 is 1.46. The monoisotopic (exact) mass is 317 g/mol. The van der Waals surface area contributed by atoms with E-state index in [0.717, 1.165) is 0 Å². The minimum Gasteiger partial charge on any atom is -0.480 e. The van der Waals surface area contributed by atoms with Gasteiger partial charge in [-0.05, 0) is 18.2 Å². The molecule has 0 aliphatic carbocycles. The van der Waals surface area contributed by atoms with Crippen LogP contribution in [0.1, 0.15) is 10.4 Å². The van der Waals surface area contributed by atoms with Crippen molar-refractivity contribution in [3.8, 4) is 5.75 Å². The average Bonchev–Trinajstić information content (AvgIpc) is 2.46. The van der Waals surface area contributed by atoms with Crippen LogP contribution in [0.5, 0.6) is 5.75 Å². The lowest BCUT2D eigenvalue weighted by atomic mass is 10.1. The third-order valence-electron chi connectivity index (χ3n) is 2.98. The molecule has 0 aromatic heterocycles. The predicted molar refractivity (Wildman–Crippen MR) is 72.9 cm³/mol. The maximum absolute atomic E-state index is 12.4. The number of carboxylic acid groups (broad SMARTS) is 1. The highest BCUT2D eigenvalue weighted by atomic mass is 32.2. The van der Waals surface area contributed by atoms with E-state index >= 15 is 0 Å². The fourth-order valence-corrected chi connectivity index (χ4v) is 3.06. The summed E-state index contributed by atoms with van der Waals surface area (Å²) in [4.78, 5) is 24.8. The minimum absolute atomic E-state index is 0.130. The maximum atomic E-state index is 12.4. The third kappa shape index (κ3) is 3.84. The van der Waals surface area contributed by atoms with Crippen LogP contribution in [0.4, 0.5) is 8.78 Å². The van der Waals surface area contributed by atoms with Gasteiger partial charge in [0.2, 0.25) is 0 Å². The lowest BCUT2D eigenvalue weighted by molar-refractivity contribution is -0.141. The first kappa shape index (κ1) is 15.6. The van der Waals surface area contributed by atoms with Gasteiger partial charge in [-0.1, -0.05) is 6.07 Å². The van der Waals surface area contributed by atoms with Crippen molar-refractivity contribution < 1.29 is 28.2 Å². The fraction of sp³-hybridized carbons (Fsp3) is 0.385. The van der Waals surface area contributed by atoms with Gasteiger partial charge in [-0.15, -0.1) is 0 Å². The van der Waals surface area contributed by atoms with E-state index in [4.69, 9.17) is 5.11 Å². The number of ether oxygens (including phenoxy) is 1. The Morgan fingerprint density at radius 2 is 2.19 bits per heavy atom. The van der Waals surface area contributed by atoms with E-state index in [1.165, 1.54) is 40.9 Å². The molecule has 0 bridgehead atoms. The predicted octanol–water partition coefficient (Wildman–Crippen LogP) is 1.93. The first-order chi connectivity index (χ1) is 9.99. The number of thioether (sulfide) groups is 1. The Balaban J connectivity index is 2.20. The van der Waals surface area contributed by atoms with Gasteiger partial charge in [0.25, 0.3) is 5.91 Å². The van der Waals surface area contributed by atoms with E-state index < -0.39 is 24.5 Å². The SMILES string of the molecule is O=C(O)C1CSCCN1C(=O)c1cccc(OC(F)F)c1. The maximum Gasteiger partial charge on any atom is 0.387 e. The van der Waals surface area contributed by atoms with Gasteiger partial charge in [0.05, 0.1) is 0 Å². The van der Waals surface area contributed by atoms with Crippen molar-refractivity contribution in [1.29, 1.82) is 0 Å². The summed E-state index contributed by atoms with van der Waals surface area (Å²) in [6.45, 7) is -2.67. The van der Waals surface area contributed by atoms with Crippen LogP contribution in [0, 0.1) is 0 Å². The Bertz CT molecular complexity index is 541. The molecule has 1 aliphatic heterocycles. The number of carbonyl (C=O) groups is 2. The second kappa shape index (κ2) is 6.75. The number of halogens is 2. The third-order valence-corrected chi connectivity index (χ3v) is 4.00. The molecular weight excluding hydrogens is 304 g/mol. The molecule has 114 valence electrons. The van der Waals surface area contributed by atoms with E-state index in [1.807, 2.05) is 0 Å². The molecule has 8 heteroatoms. The molecule has 1 aromatic carbocycles. The summed E-state index contributed by atoms with van der Waals surface area (Å²) in [7, 11) is 0. The molecule has 1 atom stereocenters. The van der Waals surface area contributed by atoms with Crippen molar-refractivity contribution in [2.45, 2.75) is 12.7 Å². The number of nitrogens with zero attached hydrogens (tertiary/aromatic N) is 1. The number of carbonyl (C=O) groups excluding carboxylic acids is 1. The second-order valence-corrected chi connectivity index (χ2v) is 5.48. The Morgan fingerprint density at radius 3 is 2.86 bits per heavy atom. The number of amides is 1. The standard InChI is InChI=1S/C13H13F2NO4S/c14-13(15)20-9-3-1-2-8(6-9)11(17)16-4-5-21-7-10(16)12(18)19/h1-3,6,10,13H,4-5,7H2,(H,18,19). The lowest BCUT2D eigenvalue weighted by Gasteiger charge is -2.32. The Morgan fingerprint density at radius 1 is 1.43 bits per heavy atom. The summed E-state index contributed by atoms with van der Waals surface area (Å²) in [6, 6.07) is 4.45. The molecule has 0 saturated carbocycles. The van der Waals surface area contributed by atoms with Crippen molar-refractivity contribution in [1.82, 2.24) is 4.90 Å². The molecule has 1 amide bonds. The first-order valence-electron chi connectivity index (χ1n) is 6.15. The normalized spacial score (nSPS) is 18.6. The van der Waals surface area contributed by atoms with Crippen LogP contribution in [0.25, 0.3) is 0 Å². The number of aliphatic carboxylic acids is 1. The molecule has 5 nitrogen and oxygen atoms in total. The van der Waals surface area contributed by atoms with Crippen molar-refractivity contribution in [3.05, 3.63) is 29.8 Å². The Kier molecular flexibility index (Phi) is 5.00. The van der Waals surface area contributed by atoms with Crippen LogP contribution in [0.15, 0.2) is 24.3 Å². The van der Waals surface area contributed by atoms with Crippen LogP contribution in [-0.2, 0) is 4.79 Å². The molecule has 1 heterocycles. The lowest BCUT2D eigenvalue weighted by Crippen LogP contribution is -2.50. The van der Waals surface area contributed by atoms with Crippen molar-refractivity contribution in [2.75, 3.05) is 18.1 Å². The summed E-state index contributed by atoms with van der Waals surface area (Å²) in [5.41, 5.74) is 0.131. The number of carboxylic acids is 1. The average molecular weight is 317 g/mol. The van der Waals surface area contributed by atoms with Gasteiger partial charge in [0.15, 0.2) is 0 Å². The van der Waals surface area contributed by atoms with Gasteiger partial charge < -0.3 is 14.7 Å². The highest BCUT2D eigenvalue weighted by molar-refractivity contribution is 7.99. The first-order valence-corrected chi connectivity index (χ1v) is 7.31. The zero-order chi connectivity index (χ0) is 15.4. The van der Waals surface area contributed by atoms with Gasteiger partial charge in [-0.2, -0.15) is 20.5 Å². The zero-order valence-electron chi connectivity index (χ0n) is 10.9. The summed E-state index contributed by atoms with van der Waals surface area (Å²) in [5.74, 6) is -0.746. The zero-order valence-corrected chi connectivity index (χ0v) is 11.7. The number of benzene rings is 1. The molecule has 2 rings (SSSR count). The topological polar surface area (TPSA) is 66.8 Å². The van der Waals surface area contributed by atoms with Crippen LogP contribution in [0.3, 0.4) is 0 Å². The van der Waals surface area contributed by atoms with Gasteiger partial charge in [0.1, 0.15) is 11.8 Å². The summed E-state index contributed by atoms with van der Waals surface area (Å²) in [6.07, 6.45) is 0. The van der Waals surface area contributed by atoms with E-state index in [0.29, 0.717) is 18.1 Å².